The van der Waals surface area contributed by atoms with Crippen LogP contribution in [-0.4, -0.2) is 24.1 Å². The average Bonchev–Trinajstić information content (AvgIpc) is 2.95. The monoisotopic (exact) mass is 276 g/mol. The van der Waals surface area contributed by atoms with E-state index in [4.69, 9.17) is 0 Å². The molecule has 0 atom stereocenters. The number of fused-ring (bicyclic) bond motifs is 1. The summed E-state index contributed by atoms with van der Waals surface area (Å²) in [5.41, 5.74) is 2.49. The third kappa shape index (κ3) is 2.64. The Morgan fingerprint density at radius 3 is 2.41 bits per heavy atom. The first-order chi connectivity index (χ1) is 7.25. The van der Waals surface area contributed by atoms with Gasteiger partial charge in [0.1, 0.15) is 11.6 Å². The van der Waals surface area contributed by atoms with Gasteiger partial charge in [-0.3, -0.25) is 0 Å². The highest BCUT2D eigenvalue weighted by atomic mass is 35.5. The van der Waals surface area contributed by atoms with Crippen LogP contribution in [0.4, 0.5) is 5.82 Å². The summed E-state index contributed by atoms with van der Waals surface area (Å²) in [6, 6.07) is 0. The molecule has 0 bridgehead atoms. The van der Waals surface area contributed by atoms with Gasteiger partial charge < -0.3 is 10.2 Å². The van der Waals surface area contributed by atoms with Crippen molar-refractivity contribution < 1.29 is 0 Å². The summed E-state index contributed by atoms with van der Waals surface area (Å²) in [5.74, 6) is 2.79. The molecule has 2 aliphatic rings. The molecule has 1 aliphatic carbocycles. The number of hydrogen-bond donors (Lipinski definition) is 1. The zero-order chi connectivity index (χ0) is 10.4. The summed E-state index contributed by atoms with van der Waals surface area (Å²) in [6.45, 7) is 1.81. The first-order valence-corrected chi connectivity index (χ1v) is 5.53. The van der Waals surface area contributed by atoms with Crippen LogP contribution in [0.5, 0.6) is 0 Å². The first-order valence-electron chi connectivity index (χ1n) is 5.53. The fraction of sp³-hybridized carbons (Fsp3) is 0.636. The van der Waals surface area contributed by atoms with E-state index in [0.717, 1.165) is 24.7 Å². The number of aromatic nitrogens is 2. The van der Waals surface area contributed by atoms with Crippen LogP contribution in [0.15, 0.2) is 0 Å². The Bertz CT molecular complexity index is 405. The van der Waals surface area contributed by atoms with Crippen LogP contribution in [0.25, 0.3) is 0 Å². The highest BCUT2D eigenvalue weighted by Gasteiger charge is 2.29. The van der Waals surface area contributed by atoms with Crippen molar-refractivity contribution in [3.05, 3.63) is 17.1 Å². The molecule has 0 spiro atoms. The van der Waals surface area contributed by atoms with E-state index in [0.29, 0.717) is 5.92 Å². The average molecular weight is 277 g/mol. The highest BCUT2D eigenvalue weighted by molar-refractivity contribution is 5.85. The zero-order valence-corrected chi connectivity index (χ0v) is 11.7. The molecule has 0 amide bonds. The molecule has 0 unspecified atom stereocenters. The maximum absolute atomic E-state index is 4.68. The molecule has 1 fully saturated rings. The van der Waals surface area contributed by atoms with Gasteiger partial charge in [-0.1, -0.05) is 0 Å². The van der Waals surface area contributed by atoms with Gasteiger partial charge in [-0.05, 0) is 12.8 Å². The topological polar surface area (TPSA) is 41.1 Å². The second kappa shape index (κ2) is 5.38. The van der Waals surface area contributed by atoms with E-state index in [9.17, 15) is 0 Å². The molecule has 0 saturated heterocycles. The first kappa shape index (κ1) is 14.5. The van der Waals surface area contributed by atoms with Gasteiger partial charge >= 0.3 is 0 Å². The van der Waals surface area contributed by atoms with E-state index >= 15 is 0 Å². The van der Waals surface area contributed by atoms with Crippen LogP contribution in [-0.2, 0) is 13.1 Å². The van der Waals surface area contributed by atoms with Crippen molar-refractivity contribution in [2.24, 2.45) is 0 Å². The normalized spacial score (nSPS) is 16.8. The minimum atomic E-state index is 0. The highest BCUT2D eigenvalue weighted by Crippen LogP contribution is 2.39. The third-order valence-corrected chi connectivity index (χ3v) is 3.05. The van der Waals surface area contributed by atoms with Crippen molar-refractivity contribution in [2.75, 3.05) is 19.0 Å². The lowest BCUT2D eigenvalue weighted by molar-refractivity contribution is 0.755. The molecule has 96 valence electrons. The standard InChI is InChI=1S/C11H16N4.2ClH/c1-15(2)11-8-5-12-6-9(8)13-10(14-11)7-3-4-7;;/h7,12H,3-6H2,1-2H3;2*1H. The van der Waals surface area contributed by atoms with E-state index in [1.165, 1.54) is 24.1 Å². The molecule has 1 saturated carbocycles. The van der Waals surface area contributed by atoms with Gasteiger partial charge in [0.2, 0.25) is 0 Å². The van der Waals surface area contributed by atoms with Gasteiger partial charge in [-0.2, -0.15) is 0 Å². The molecule has 1 N–H and O–H groups in total. The van der Waals surface area contributed by atoms with Crippen LogP contribution < -0.4 is 10.2 Å². The van der Waals surface area contributed by atoms with E-state index in [1.807, 2.05) is 0 Å². The second-order valence-corrected chi connectivity index (χ2v) is 4.60. The van der Waals surface area contributed by atoms with Gasteiger partial charge in [0.05, 0.1) is 5.69 Å². The van der Waals surface area contributed by atoms with Crippen LogP contribution in [0, 0.1) is 0 Å². The van der Waals surface area contributed by atoms with Gasteiger partial charge in [0.25, 0.3) is 0 Å². The van der Waals surface area contributed by atoms with Gasteiger partial charge in [0.15, 0.2) is 0 Å². The molecule has 1 aromatic rings. The van der Waals surface area contributed by atoms with Crippen molar-refractivity contribution in [2.45, 2.75) is 31.8 Å². The zero-order valence-electron chi connectivity index (χ0n) is 10.1. The number of anilines is 1. The molecule has 0 radical (unpaired) electrons. The summed E-state index contributed by atoms with van der Waals surface area (Å²) in [4.78, 5) is 11.4. The Morgan fingerprint density at radius 1 is 1.12 bits per heavy atom. The number of halogens is 2. The Kier molecular flexibility index (Phi) is 4.58. The van der Waals surface area contributed by atoms with Crippen LogP contribution >= 0.6 is 24.8 Å². The molecule has 1 aromatic heterocycles. The van der Waals surface area contributed by atoms with Crippen molar-refractivity contribution in [1.82, 2.24) is 15.3 Å². The van der Waals surface area contributed by atoms with Crippen molar-refractivity contribution in [1.29, 1.82) is 0 Å². The fourth-order valence-electron chi connectivity index (χ4n) is 2.06. The Balaban J connectivity index is 0.000000722. The Hall–Kier alpha value is -0.580. The minimum absolute atomic E-state index is 0. The number of nitrogens with zero attached hydrogens (tertiary/aromatic N) is 3. The van der Waals surface area contributed by atoms with Gasteiger partial charge in [-0.25, -0.2) is 9.97 Å². The van der Waals surface area contributed by atoms with Crippen molar-refractivity contribution in [3.8, 4) is 0 Å². The van der Waals surface area contributed by atoms with E-state index in [1.54, 1.807) is 0 Å². The lowest BCUT2D eigenvalue weighted by atomic mass is 10.2. The third-order valence-electron chi connectivity index (χ3n) is 3.05. The second-order valence-electron chi connectivity index (χ2n) is 4.60. The van der Waals surface area contributed by atoms with Crippen molar-refractivity contribution >= 4 is 30.6 Å². The molecule has 2 heterocycles. The summed E-state index contributed by atoms with van der Waals surface area (Å²) < 4.78 is 0. The fourth-order valence-corrected chi connectivity index (χ4v) is 2.06. The Labute approximate surface area is 114 Å². The van der Waals surface area contributed by atoms with E-state index < -0.39 is 0 Å². The molecular formula is C11H18Cl2N4. The van der Waals surface area contributed by atoms with Gasteiger partial charge in [-0.15, -0.1) is 24.8 Å². The smallest absolute Gasteiger partial charge is 0.136 e. The van der Waals surface area contributed by atoms with Gasteiger partial charge in [0, 0.05) is 38.7 Å². The predicted molar refractivity (Wildman–Crippen MR) is 73.4 cm³/mol. The molecule has 3 rings (SSSR count). The number of rotatable bonds is 2. The van der Waals surface area contributed by atoms with Crippen LogP contribution in [0.3, 0.4) is 0 Å². The summed E-state index contributed by atoms with van der Waals surface area (Å²) in [7, 11) is 4.11. The molecule has 1 aliphatic heterocycles. The van der Waals surface area contributed by atoms with Crippen LogP contribution in [0.1, 0.15) is 35.8 Å². The number of nitrogens with one attached hydrogen (secondary N) is 1. The van der Waals surface area contributed by atoms with Crippen LogP contribution in [0.2, 0.25) is 0 Å². The van der Waals surface area contributed by atoms with Crippen molar-refractivity contribution in [3.63, 3.8) is 0 Å². The largest absolute Gasteiger partial charge is 0.362 e. The SMILES string of the molecule is CN(C)c1nc(C2CC2)nc2c1CNC2.Cl.Cl. The minimum Gasteiger partial charge on any atom is -0.362 e. The predicted octanol–water partition coefficient (Wildman–Crippen LogP) is 1.87. The molecule has 4 nitrogen and oxygen atoms in total. The summed E-state index contributed by atoms with van der Waals surface area (Å²) in [6.07, 6.45) is 2.53. The molecule has 0 aromatic carbocycles. The lowest BCUT2D eigenvalue weighted by Crippen LogP contribution is -2.15. The molecule has 6 heteroatoms. The number of hydrogen-bond acceptors (Lipinski definition) is 4. The van der Waals surface area contributed by atoms with E-state index in [-0.39, 0.29) is 24.8 Å². The quantitative estimate of drug-likeness (QED) is 0.896. The van der Waals surface area contributed by atoms with E-state index in [2.05, 4.69) is 34.3 Å². The maximum Gasteiger partial charge on any atom is 0.136 e. The maximum atomic E-state index is 4.68. The Morgan fingerprint density at radius 2 is 1.82 bits per heavy atom. The molecular weight excluding hydrogens is 259 g/mol. The lowest BCUT2D eigenvalue weighted by Gasteiger charge is -2.16. The molecule has 17 heavy (non-hydrogen) atoms. The summed E-state index contributed by atoms with van der Waals surface area (Å²) >= 11 is 0. The summed E-state index contributed by atoms with van der Waals surface area (Å²) in [5, 5.41) is 3.34.